The van der Waals surface area contributed by atoms with Gasteiger partial charge in [0, 0.05) is 6.42 Å². The molecule has 1 saturated heterocycles. The summed E-state index contributed by atoms with van der Waals surface area (Å²) < 4.78 is 5.54. The first-order chi connectivity index (χ1) is 9.27. The van der Waals surface area contributed by atoms with Gasteiger partial charge in [0.2, 0.25) is 0 Å². The van der Waals surface area contributed by atoms with Gasteiger partial charge in [0.25, 0.3) is 0 Å². The molecule has 0 spiro atoms. The van der Waals surface area contributed by atoms with Crippen molar-refractivity contribution in [2.24, 2.45) is 0 Å². The van der Waals surface area contributed by atoms with Gasteiger partial charge in [0.15, 0.2) is 0 Å². The lowest BCUT2D eigenvalue weighted by atomic mass is 10.1. The number of ether oxygens (including phenoxy) is 1. The Balaban J connectivity index is 2.04. The van der Waals surface area contributed by atoms with Gasteiger partial charge in [-0.05, 0) is 31.1 Å². The van der Waals surface area contributed by atoms with Crippen molar-refractivity contribution in [1.29, 1.82) is 0 Å². The number of hydrogen-bond acceptors (Lipinski definition) is 2. The Hall–Kier alpha value is -1.48. The molecule has 1 aliphatic rings. The zero-order valence-electron chi connectivity index (χ0n) is 11.4. The van der Waals surface area contributed by atoms with Crippen LogP contribution in [0.4, 0.5) is 0 Å². The highest BCUT2D eigenvalue weighted by Crippen LogP contribution is 2.29. The maximum Gasteiger partial charge on any atom is 0.134 e. The monoisotopic (exact) mass is 258 g/mol. The molecule has 19 heavy (non-hydrogen) atoms. The van der Waals surface area contributed by atoms with Gasteiger partial charge < -0.3 is 9.84 Å². The highest BCUT2D eigenvalue weighted by Gasteiger charge is 2.36. The molecule has 0 aromatic carbocycles. The largest absolute Gasteiger partial charge is 0.377 e. The maximum atomic E-state index is 9.09. The second-order valence-corrected chi connectivity index (χ2v) is 4.60. The predicted molar refractivity (Wildman–Crippen MR) is 78.3 cm³/mol. The molecule has 0 aromatic heterocycles. The first kappa shape index (κ1) is 15.6. The summed E-state index contributed by atoms with van der Waals surface area (Å²) in [5.74, 6) is 10.8. The molecule has 0 amide bonds. The fourth-order valence-electron chi connectivity index (χ4n) is 1.79. The zero-order chi connectivity index (χ0) is 13.9. The minimum Gasteiger partial charge on any atom is -0.377 e. The lowest BCUT2D eigenvalue weighted by Crippen LogP contribution is -1.94. The average Bonchev–Trinajstić information content (AvgIpc) is 3.16. The number of aliphatic hydroxyl groups excluding tert-OH is 1. The lowest BCUT2D eigenvalue weighted by Gasteiger charge is -1.95. The Labute approximate surface area is 116 Å². The maximum absolute atomic E-state index is 9.09. The molecule has 1 heterocycles. The topological polar surface area (TPSA) is 32.8 Å². The van der Waals surface area contributed by atoms with Crippen LogP contribution >= 0.6 is 0 Å². The number of rotatable bonds is 8. The number of epoxide rings is 1. The van der Waals surface area contributed by atoms with Crippen molar-refractivity contribution in [2.45, 2.75) is 56.8 Å². The van der Waals surface area contributed by atoms with Gasteiger partial charge in [-0.15, -0.1) is 6.58 Å². The van der Waals surface area contributed by atoms with Crippen molar-refractivity contribution in [1.82, 2.24) is 0 Å². The van der Waals surface area contributed by atoms with Crippen LogP contribution in [0.5, 0.6) is 0 Å². The summed E-state index contributed by atoms with van der Waals surface area (Å²) in [5.41, 5.74) is 0. The molecule has 3 atom stereocenters. The second-order valence-electron chi connectivity index (χ2n) is 4.60. The minimum absolute atomic E-state index is 0.290. The number of hydrogen-bond donors (Lipinski definition) is 1. The van der Waals surface area contributed by atoms with Gasteiger partial charge in [-0.1, -0.05) is 43.4 Å². The van der Waals surface area contributed by atoms with Crippen molar-refractivity contribution < 1.29 is 9.84 Å². The molecule has 1 N–H and O–H groups in total. The van der Waals surface area contributed by atoms with Crippen LogP contribution in [-0.2, 0) is 4.74 Å². The molecule has 0 saturated carbocycles. The average molecular weight is 258 g/mol. The Morgan fingerprint density at radius 3 is 2.74 bits per heavy atom. The molecule has 0 bridgehead atoms. The summed E-state index contributed by atoms with van der Waals surface area (Å²) in [6.07, 6.45) is 9.90. The quantitative estimate of drug-likeness (QED) is 0.314. The summed E-state index contributed by atoms with van der Waals surface area (Å²) >= 11 is 0. The summed E-state index contributed by atoms with van der Waals surface area (Å²) in [5, 5.41) is 9.09. The summed E-state index contributed by atoms with van der Waals surface area (Å²) in [6.45, 7) is 7.14. The van der Waals surface area contributed by atoms with Crippen molar-refractivity contribution >= 4 is 0 Å². The minimum atomic E-state index is -0.783. The smallest absolute Gasteiger partial charge is 0.134 e. The van der Waals surface area contributed by atoms with Crippen molar-refractivity contribution in [3.05, 3.63) is 25.3 Å². The van der Waals surface area contributed by atoms with Crippen LogP contribution in [0.3, 0.4) is 0 Å². The molecule has 0 aromatic rings. The van der Waals surface area contributed by atoms with Crippen LogP contribution in [0.2, 0.25) is 0 Å². The second kappa shape index (κ2) is 9.45. The van der Waals surface area contributed by atoms with Crippen LogP contribution in [0.1, 0.15) is 38.5 Å². The van der Waals surface area contributed by atoms with Gasteiger partial charge in [-0.25, -0.2) is 0 Å². The number of aliphatic hydroxyl groups is 1. The van der Waals surface area contributed by atoms with Gasteiger partial charge in [0.05, 0.1) is 12.2 Å². The fraction of sp³-hybridized carbons (Fsp3) is 0.529. The molecule has 2 heteroatoms. The zero-order valence-corrected chi connectivity index (χ0v) is 11.4. The van der Waals surface area contributed by atoms with E-state index in [1.165, 1.54) is 25.3 Å². The molecule has 1 rings (SSSR count). The summed E-state index contributed by atoms with van der Waals surface area (Å²) in [7, 11) is 0. The van der Waals surface area contributed by atoms with Crippen molar-refractivity contribution in [2.75, 3.05) is 0 Å². The van der Waals surface area contributed by atoms with Gasteiger partial charge in [-0.3, -0.25) is 0 Å². The van der Waals surface area contributed by atoms with Gasteiger partial charge >= 0.3 is 0 Å². The van der Waals surface area contributed by atoms with E-state index in [0.717, 1.165) is 19.3 Å². The molecule has 102 valence electrons. The van der Waals surface area contributed by atoms with Crippen LogP contribution in [0, 0.1) is 23.7 Å². The molecule has 0 aliphatic carbocycles. The van der Waals surface area contributed by atoms with E-state index < -0.39 is 6.10 Å². The highest BCUT2D eigenvalue weighted by molar-refractivity contribution is 5.29. The third-order valence-electron chi connectivity index (χ3n) is 2.98. The van der Waals surface area contributed by atoms with E-state index >= 15 is 0 Å². The Morgan fingerprint density at radius 1 is 1.16 bits per heavy atom. The molecule has 1 aliphatic heterocycles. The van der Waals surface area contributed by atoms with Gasteiger partial charge in [0.1, 0.15) is 6.10 Å². The number of allylic oxidation sites excluding steroid dienone is 1. The predicted octanol–water partition coefficient (Wildman–Crippen LogP) is 2.83. The van der Waals surface area contributed by atoms with Crippen LogP contribution in [0.15, 0.2) is 25.3 Å². The van der Waals surface area contributed by atoms with Crippen molar-refractivity contribution in [3.8, 4) is 23.7 Å². The Morgan fingerprint density at radius 2 is 2.00 bits per heavy atom. The highest BCUT2D eigenvalue weighted by atomic mass is 16.6. The lowest BCUT2D eigenvalue weighted by molar-refractivity contribution is 0.281. The molecule has 1 fully saturated rings. The van der Waals surface area contributed by atoms with Gasteiger partial charge in [-0.2, -0.15) is 0 Å². The summed E-state index contributed by atoms with van der Waals surface area (Å²) in [4.78, 5) is 0. The molecule has 2 nitrogen and oxygen atoms in total. The van der Waals surface area contributed by atoms with Crippen LogP contribution in [-0.4, -0.2) is 23.4 Å². The first-order valence-corrected chi connectivity index (χ1v) is 6.83. The van der Waals surface area contributed by atoms with Crippen LogP contribution < -0.4 is 0 Å². The molecule has 0 unspecified atom stereocenters. The van der Waals surface area contributed by atoms with E-state index in [1.54, 1.807) is 0 Å². The molecular formula is C17H22O2. The SMILES string of the molecule is C=CCCCCC[C@@H]1O[C@@H]1CC#CC#C[C@H](O)C=C. The summed E-state index contributed by atoms with van der Waals surface area (Å²) in [6, 6.07) is 0. The Kier molecular flexibility index (Phi) is 7.75. The third-order valence-corrected chi connectivity index (χ3v) is 2.98. The first-order valence-electron chi connectivity index (χ1n) is 6.83. The molecule has 0 radical (unpaired) electrons. The van der Waals surface area contributed by atoms with E-state index in [4.69, 9.17) is 9.84 Å². The van der Waals surface area contributed by atoms with E-state index in [1.807, 2.05) is 6.08 Å². The van der Waals surface area contributed by atoms with E-state index in [-0.39, 0.29) is 6.10 Å². The third kappa shape index (κ3) is 7.52. The van der Waals surface area contributed by atoms with Crippen molar-refractivity contribution in [3.63, 3.8) is 0 Å². The van der Waals surface area contributed by atoms with E-state index in [9.17, 15) is 0 Å². The number of unbranched alkanes of at least 4 members (excludes halogenated alkanes) is 3. The molecular weight excluding hydrogens is 236 g/mol. The van der Waals surface area contributed by atoms with E-state index in [0.29, 0.717) is 6.10 Å². The fourth-order valence-corrected chi connectivity index (χ4v) is 1.79. The van der Waals surface area contributed by atoms with Crippen LogP contribution in [0.25, 0.3) is 0 Å². The standard InChI is InChI=1S/C17H22O2/c1-3-5-6-7-10-13-16-17(19-16)14-11-8-9-12-15(18)4-2/h3-4,15-18H,1-2,5-7,10,13-14H2/t15-,16+,17-/m1/s1. The Bertz CT molecular complexity index is 402. The normalized spacial score (nSPS) is 21.3. The van der Waals surface area contributed by atoms with E-state index in [2.05, 4.69) is 36.8 Å².